The topological polar surface area (TPSA) is 29.5 Å². The fourth-order valence-electron chi connectivity index (χ4n) is 1.72. The summed E-state index contributed by atoms with van der Waals surface area (Å²) in [6.07, 6.45) is -0.675. The first kappa shape index (κ1) is 13.6. The van der Waals surface area contributed by atoms with Gasteiger partial charge in [0.15, 0.2) is 0 Å². The maximum absolute atomic E-state index is 10.3. The predicted molar refractivity (Wildman–Crippen MR) is 81.2 cm³/mol. The second-order valence-electron chi connectivity index (χ2n) is 3.85. The molecule has 0 radical (unpaired) electrons. The molecule has 4 heteroatoms. The average molecular weight is 375 g/mol. The molecule has 0 aliphatic heterocycles. The van der Waals surface area contributed by atoms with Crippen molar-refractivity contribution >= 4 is 34.2 Å². The van der Waals surface area contributed by atoms with E-state index in [1.165, 1.54) is 0 Å². The Labute approximate surface area is 125 Å². The van der Waals surface area contributed by atoms with Crippen molar-refractivity contribution < 1.29 is 9.84 Å². The molecule has 0 aliphatic rings. The van der Waals surface area contributed by atoms with Gasteiger partial charge in [-0.3, -0.25) is 0 Å². The van der Waals surface area contributed by atoms with Gasteiger partial charge in [-0.15, -0.1) is 0 Å². The standard InChI is InChI=1S/C14H12ClIO2/c1-18-13-8-10(5-6-12(13)15)14(17)9-3-2-4-11(16)7-9/h2-8,14,17H,1H3. The van der Waals surface area contributed by atoms with Crippen LogP contribution in [0.3, 0.4) is 0 Å². The number of benzene rings is 2. The third-order valence-electron chi connectivity index (χ3n) is 2.66. The molecule has 0 saturated heterocycles. The number of methoxy groups -OCH3 is 1. The molecule has 0 aromatic heterocycles. The van der Waals surface area contributed by atoms with E-state index in [1.807, 2.05) is 24.3 Å². The van der Waals surface area contributed by atoms with Crippen LogP contribution >= 0.6 is 34.2 Å². The van der Waals surface area contributed by atoms with Crippen LogP contribution in [0.1, 0.15) is 17.2 Å². The number of ether oxygens (including phenoxy) is 1. The van der Waals surface area contributed by atoms with Gasteiger partial charge < -0.3 is 9.84 Å². The van der Waals surface area contributed by atoms with E-state index in [-0.39, 0.29) is 0 Å². The Morgan fingerprint density at radius 2 is 1.89 bits per heavy atom. The lowest BCUT2D eigenvalue weighted by atomic mass is 10.0. The van der Waals surface area contributed by atoms with Gasteiger partial charge in [-0.2, -0.15) is 0 Å². The molecule has 1 unspecified atom stereocenters. The van der Waals surface area contributed by atoms with Crippen LogP contribution in [0.4, 0.5) is 0 Å². The normalized spacial score (nSPS) is 12.2. The minimum Gasteiger partial charge on any atom is -0.495 e. The van der Waals surface area contributed by atoms with Crippen molar-refractivity contribution in [2.75, 3.05) is 7.11 Å². The Balaban J connectivity index is 2.36. The summed E-state index contributed by atoms with van der Waals surface area (Å²) in [5, 5.41) is 10.9. The minimum atomic E-state index is -0.675. The molecule has 18 heavy (non-hydrogen) atoms. The Hall–Kier alpha value is -0.780. The largest absolute Gasteiger partial charge is 0.495 e. The molecule has 2 nitrogen and oxygen atoms in total. The summed E-state index contributed by atoms with van der Waals surface area (Å²) in [4.78, 5) is 0. The number of halogens is 2. The summed E-state index contributed by atoms with van der Waals surface area (Å²) >= 11 is 8.19. The average Bonchev–Trinajstić information content (AvgIpc) is 2.38. The van der Waals surface area contributed by atoms with Crippen LogP contribution in [0.5, 0.6) is 5.75 Å². The number of hydrogen-bond donors (Lipinski definition) is 1. The lowest BCUT2D eigenvalue weighted by molar-refractivity contribution is 0.219. The van der Waals surface area contributed by atoms with Crippen molar-refractivity contribution in [3.63, 3.8) is 0 Å². The van der Waals surface area contributed by atoms with Crippen LogP contribution in [-0.2, 0) is 0 Å². The summed E-state index contributed by atoms with van der Waals surface area (Å²) in [7, 11) is 1.56. The molecule has 0 saturated carbocycles. The molecule has 2 aromatic rings. The van der Waals surface area contributed by atoms with Gasteiger partial charge >= 0.3 is 0 Å². The van der Waals surface area contributed by atoms with Gasteiger partial charge in [0, 0.05) is 3.57 Å². The van der Waals surface area contributed by atoms with Crippen molar-refractivity contribution in [3.05, 3.63) is 62.2 Å². The molecule has 0 fully saturated rings. The molecule has 0 spiro atoms. The van der Waals surface area contributed by atoms with E-state index in [0.717, 1.165) is 14.7 Å². The van der Waals surface area contributed by atoms with Crippen LogP contribution in [0.2, 0.25) is 5.02 Å². The SMILES string of the molecule is COc1cc(C(O)c2cccc(I)c2)ccc1Cl. The first-order valence-electron chi connectivity index (χ1n) is 5.39. The van der Waals surface area contributed by atoms with Crippen molar-refractivity contribution in [2.24, 2.45) is 0 Å². The van der Waals surface area contributed by atoms with Gasteiger partial charge in [0.25, 0.3) is 0 Å². The van der Waals surface area contributed by atoms with E-state index in [0.29, 0.717) is 10.8 Å². The molecule has 2 rings (SSSR count). The summed E-state index contributed by atoms with van der Waals surface area (Å²) in [6.45, 7) is 0. The van der Waals surface area contributed by atoms with Gasteiger partial charge in [0.1, 0.15) is 11.9 Å². The first-order chi connectivity index (χ1) is 8.61. The van der Waals surface area contributed by atoms with Crippen molar-refractivity contribution in [1.29, 1.82) is 0 Å². The van der Waals surface area contributed by atoms with Gasteiger partial charge in [0.2, 0.25) is 0 Å². The third-order valence-corrected chi connectivity index (χ3v) is 3.64. The molecule has 0 bridgehead atoms. The zero-order chi connectivity index (χ0) is 13.1. The fourth-order valence-corrected chi connectivity index (χ4v) is 2.48. The monoisotopic (exact) mass is 374 g/mol. The molecule has 0 heterocycles. The molecule has 0 aliphatic carbocycles. The van der Waals surface area contributed by atoms with Crippen LogP contribution in [-0.4, -0.2) is 12.2 Å². The van der Waals surface area contributed by atoms with Crippen molar-refractivity contribution in [1.82, 2.24) is 0 Å². The highest BCUT2D eigenvalue weighted by Crippen LogP contribution is 2.30. The number of hydrogen-bond acceptors (Lipinski definition) is 2. The van der Waals surface area contributed by atoms with Crippen LogP contribution in [0, 0.1) is 3.57 Å². The zero-order valence-corrected chi connectivity index (χ0v) is 12.6. The van der Waals surface area contributed by atoms with E-state index in [2.05, 4.69) is 22.6 Å². The highest BCUT2D eigenvalue weighted by Gasteiger charge is 2.12. The summed E-state index contributed by atoms with van der Waals surface area (Å²) in [5.41, 5.74) is 1.62. The maximum Gasteiger partial charge on any atom is 0.137 e. The first-order valence-corrected chi connectivity index (χ1v) is 6.84. The van der Waals surface area contributed by atoms with E-state index in [4.69, 9.17) is 16.3 Å². The van der Waals surface area contributed by atoms with Gasteiger partial charge in [-0.05, 0) is 58.0 Å². The minimum absolute atomic E-state index is 0.538. The summed E-state index contributed by atoms with van der Waals surface area (Å²) in [5.74, 6) is 0.568. The summed E-state index contributed by atoms with van der Waals surface area (Å²) < 4.78 is 6.24. The second-order valence-corrected chi connectivity index (χ2v) is 5.50. The molecule has 0 amide bonds. The second kappa shape index (κ2) is 5.91. The van der Waals surface area contributed by atoms with Crippen LogP contribution in [0.15, 0.2) is 42.5 Å². The van der Waals surface area contributed by atoms with E-state index in [9.17, 15) is 5.11 Å². The summed E-state index contributed by atoms with van der Waals surface area (Å²) in [6, 6.07) is 13.0. The van der Waals surface area contributed by atoms with E-state index >= 15 is 0 Å². The number of aliphatic hydroxyl groups is 1. The Bertz CT molecular complexity index is 557. The van der Waals surface area contributed by atoms with Crippen molar-refractivity contribution in [3.8, 4) is 5.75 Å². The predicted octanol–water partition coefficient (Wildman–Crippen LogP) is 4.03. The highest BCUT2D eigenvalue weighted by atomic mass is 127. The Morgan fingerprint density at radius 1 is 1.17 bits per heavy atom. The van der Waals surface area contributed by atoms with Gasteiger partial charge in [-0.1, -0.05) is 29.8 Å². The molecule has 1 atom stereocenters. The Morgan fingerprint density at radius 3 is 2.56 bits per heavy atom. The van der Waals surface area contributed by atoms with Crippen LogP contribution < -0.4 is 4.74 Å². The molecular formula is C14H12ClIO2. The van der Waals surface area contributed by atoms with Crippen LogP contribution in [0.25, 0.3) is 0 Å². The van der Waals surface area contributed by atoms with E-state index < -0.39 is 6.10 Å². The van der Waals surface area contributed by atoms with Gasteiger partial charge in [0.05, 0.1) is 12.1 Å². The van der Waals surface area contributed by atoms with Gasteiger partial charge in [-0.25, -0.2) is 0 Å². The zero-order valence-electron chi connectivity index (χ0n) is 9.73. The van der Waals surface area contributed by atoms with Crippen molar-refractivity contribution in [2.45, 2.75) is 6.10 Å². The highest BCUT2D eigenvalue weighted by molar-refractivity contribution is 14.1. The smallest absolute Gasteiger partial charge is 0.137 e. The maximum atomic E-state index is 10.3. The fraction of sp³-hybridized carbons (Fsp3) is 0.143. The number of rotatable bonds is 3. The third kappa shape index (κ3) is 2.96. The Kier molecular flexibility index (Phi) is 4.48. The lowest BCUT2D eigenvalue weighted by Gasteiger charge is -2.13. The lowest BCUT2D eigenvalue weighted by Crippen LogP contribution is -2.00. The van der Waals surface area contributed by atoms with E-state index in [1.54, 1.807) is 25.3 Å². The molecule has 2 aromatic carbocycles. The quantitative estimate of drug-likeness (QED) is 0.822. The number of aliphatic hydroxyl groups excluding tert-OH is 1. The molecule has 94 valence electrons. The molecular weight excluding hydrogens is 363 g/mol. The molecule has 1 N–H and O–H groups in total.